The van der Waals surface area contributed by atoms with Gasteiger partial charge in [0.1, 0.15) is 12.6 Å². The summed E-state index contributed by atoms with van der Waals surface area (Å²) >= 11 is 6.76. The molecular weight excluding hydrogens is 622 g/mol. The normalized spacial score (nSPS) is 19.0. The van der Waals surface area contributed by atoms with Gasteiger partial charge in [0.2, 0.25) is 10.4 Å². The van der Waals surface area contributed by atoms with Crippen LogP contribution in [0.2, 0.25) is 0 Å². The molecule has 2 heterocycles. The molecular formula is C23H19Br2N3O7S. The molecule has 1 fully saturated rings. The average molecular weight is 641 g/mol. The SMILES string of the molecule is CC(C)(SBr)C(Br)(C(=O)OCc1ccc([N+](=O)[O-])cc1)N1CC(N2C(=O)c3ccccc3C2=O)C1=O. The highest BCUT2D eigenvalue weighted by Gasteiger charge is 2.64. The van der Waals surface area contributed by atoms with Gasteiger partial charge >= 0.3 is 5.97 Å². The summed E-state index contributed by atoms with van der Waals surface area (Å²) in [7, 11) is 1.14. The molecule has 188 valence electrons. The van der Waals surface area contributed by atoms with Gasteiger partial charge < -0.3 is 9.64 Å². The zero-order valence-corrected chi connectivity index (χ0v) is 23.0. The van der Waals surface area contributed by atoms with E-state index < -0.39 is 43.9 Å². The van der Waals surface area contributed by atoms with Gasteiger partial charge in [-0.25, -0.2) is 4.79 Å². The minimum absolute atomic E-state index is 0.0703. The minimum Gasteiger partial charge on any atom is -0.458 e. The van der Waals surface area contributed by atoms with Crippen molar-refractivity contribution in [2.45, 2.75) is 35.7 Å². The van der Waals surface area contributed by atoms with Crippen LogP contribution in [0.25, 0.3) is 0 Å². The molecule has 4 rings (SSSR count). The number of imide groups is 1. The van der Waals surface area contributed by atoms with E-state index in [1.165, 1.54) is 41.3 Å². The first-order chi connectivity index (χ1) is 16.9. The van der Waals surface area contributed by atoms with Crippen molar-refractivity contribution in [2.24, 2.45) is 0 Å². The second-order valence-corrected chi connectivity index (χ2v) is 12.0. The highest BCUT2D eigenvalue weighted by molar-refractivity contribution is 9.50. The number of ether oxygens (including phenoxy) is 1. The number of hydrogen-bond acceptors (Lipinski definition) is 8. The van der Waals surface area contributed by atoms with Crippen molar-refractivity contribution in [1.29, 1.82) is 0 Å². The summed E-state index contributed by atoms with van der Waals surface area (Å²) in [6.45, 7) is 3.18. The predicted octanol–water partition coefficient (Wildman–Crippen LogP) is 4.06. The van der Waals surface area contributed by atoms with Crippen LogP contribution in [-0.2, 0) is 20.9 Å². The van der Waals surface area contributed by atoms with Crippen LogP contribution < -0.4 is 0 Å². The molecule has 0 spiro atoms. The predicted molar refractivity (Wildman–Crippen MR) is 138 cm³/mol. The number of fused-ring (bicyclic) bond motifs is 1. The molecule has 1 saturated heterocycles. The maximum atomic E-state index is 13.4. The van der Waals surface area contributed by atoms with Crippen molar-refractivity contribution in [2.75, 3.05) is 6.54 Å². The molecule has 2 aromatic carbocycles. The van der Waals surface area contributed by atoms with E-state index in [1.54, 1.807) is 26.0 Å². The number of benzene rings is 2. The van der Waals surface area contributed by atoms with Crippen LogP contribution in [0, 0.1) is 10.1 Å². The monoisotopic (exact) mass is 639 g/mol. The lowest BCUT2D eigenvalue weighted by atomic mass is 9.94. The maximum Gasteiger partial charge on any atom is 0.345 e. The van der Waals surface area contributed by atoms with Gasteiger partial charge in [0.25, 0.3) is 17.5 Å². The molecule has 0 bridgehead atoms. The molecule has 2 aliphatic heterocycles. The van der Waals surface area contributed by atoms with Crippen molar-refractivity contribution in [3.05, 3.63) is 75.3 Å². The minimum atomic E-state index is -1.65. The fourth-order valence-corrected chi connectivity index (χ4v) is 6.39. The third-order valence-electron chi connectivity index (χ3n) is 6.19. The van der Waals surface area contributed by atoms with E-state index in [-0.39, 0.29) is 30.0 Å². The molecule has 3 amide bonds. The maximum absolute atomic E-state index is 13.4. The number of nitro groups is 1. The summed E-state index contributed by atoms with van der Waals surface area (Å²) in [5.74, 6) is -2.46. The Balaban J connectivity index is 1.53. The van der Waals surface area contributed by atoms with Gasteiger partial charge in [-0.3, -0.25) is 29.4 Å². The van der Waals surface area contributed by atoms with Gasteiger partial charge in [0.05, 0.1) is 27.3 Å². The summed E-state index contributed by atoms with van der Waals surface area (Å²) in [4.78, 5) is 64.9. The number of esters is 1. The molecule has 2 aromatic rings. The first-order valence-electron chi connectivity index (χ1n) is 10.6. The van der Waals surface area contributed by atoms with Crippen molar-refractivity contribution in [3.63, 3.8) is 0 Å². The molecule has 0 radical (unpaired) electrons. The lowest BCUT2D eigenvalue weighted by molar-refractivity contribution is -0.384. The van der Waals surface area contributed by atoms with Crippen LogP contribution in [-0.4, -0.2) is 60.2 Å². The first-order valence-corrected chi connectivity index (χ1v) is 14.1. The Morgan fingerprint density at radius 1 is 1.11 bits per heavy atom. The number of hydrogen-bond donors (Lipinski definition) is 0. The second-order valence-electron chi connectivity index (χ2n) is 8.70. The Bertz CT molecular complexity index is 1250. The van der Waals surface area contributed by atoms with Gasteiger partial charge in [0.15, 0.2) is 0 Å². The Kier molecular flexibility index (Phi) is 7.01. The van der Waals surface area contributed by atoms with E-state index in [1.807, 2.05) is 0 Å². The van der Waals surface area contributed by atoms with E-state index in [0.29, 0.717) is 5.56 Å². The second kappa shape index (κ2) is 9.60. The highest BCUT2D eigenvalue weighted by Crippen LogP contribution is 2.50. The number of rotatable bonds is 8. The van der Waals surface area contributed by atoms with Gasteiger partial charge in [-0.15, -0.1) is 0 Å². The van der Waals surface area contributed by atoms with Gasteiger partial charge in [-0.1, -0.05) is 22.3 Å². The largest absolute Gasteiger partial charge is 0.458 e. The molecule has 13 heteroatoms. The number of amides is 3. The zero-order valence-electron chi connectivity index (χ0n) is 19.0. The fraction of sp³-hybridized carbons (Fsp3) is 0.304. The third kappa shape index (κ3) is 4.12. The number of non-ortho nitro benzene ring substituents is 1. The van der Waals surface area contributed by atoms with Crippen molar-refractivity contribution >= 4 is 70.3 Å². The highest BCUT2D eigenvalue weighted by atomic mass is 79.9. The quantitative estimate of drug-likeness (QED) is 0.0804. The summed E-state index contributed by atoms with van der Waals surface area (Å²) in [5.41, 5.74) is 0.893. The van der Waals surface area contributed by atoms with Gasteiger partial charge in [-0.05, 0) is 74.4 Å². The molecule has 0 aliphatic carbocycles. The van der Waals surface area contributed by atoms with E-state index in [9.17, 15) is 29.3 Å². The summed E-state index contributed by atoms with van der Waals surface area (Å²) < 4.78 is 2.90. The molecule has 0 aromatic heterocycles. The van der Waals surface area contributed by atoms with Gasteiger partial charge in [-0.2, -0.15) is 0 Å². The Morgan fingerprint density at radius 2 is 1.67 bits per heavy atom. The number of carbonyl (C=O) groups is 4. The van der Waals surface area contributed by atoms with Crippen LogP contribution in [0.4, 0.5) is 5.69 Å². The lowest BCUT2D eigenvalue weighted by Crippen LogP contribution is -2.75. The summed E-state index contributed by atoms with van der Waals surface area (Å²) in [5, 5.41) is 10.8. The number of nitro benzene ring substituents is 1. The van der Waals surface area contributed by atoms with Crippen LogP contribution in [0.3, 0.4) is 0 Å². The fourth-order valence-electron chi connectivity index (χ4n) is 4.06. The summed E-state index contributed by atoms with van der Waals surface area (Å²) in [6.07, 6.45) is 0. The Labute approximate surface area is 225 Å². The van der Waals surface area contributed by atoms with E-state index in [0.717, 1.165) is 15.1 Å². The number of halogens is 2. The molecule has 2 aliphatic rings. The number of β-lactam (4-membered cyclic amide) rings is 1. The number of alkyl halides is 1. The van der Waals surface area contributed by atoms with Gasteiger partial charge in [0, 0.05) is 12.1 Å². The van der Waals surface area contributed by atoms with E-state index in [2.05, 4.69) is 30.7 Å². The molecule has 0 N–H and O–H groups in total. The van der Waals surface area contributed by atoms with E-state index in [4.69, 9.17) is 4.74 Å². The zero-order chi connectivity index (χ0) is 26.4. The molecule has 0 saturated carbocycles. The molecule has 2 atom stereocenters. The number of nitrogens with zero attached hydrogens (tertiary/aromatic N) is 3. The Morgan fingerprint density at radius 3 is 2.14 bits per heavy atom. The van der Waals surface area contributed by atoms with Crippen molar-refractivity contribution in [1.82, 2.24) is 9.80 Å². The van der Waals surface area contributed by atoms with Crippen LogP contribution >= 0.6 is 40.9 Å². The van der Waals surface area contributed by atoms with Crippen LogP contribution in [0.15, 0.2) is 48.5 Å². The van der Waals surface area contributed by atoms with Crippen molar-refractivity contribution < 1.29 is 28.8 Å². The topological polar surface area (TPSA) is 127 Å². The standard InChI is InChI=1S/C23H19Br2N3O7S/c1-22(2,36-25)23(24,21(32)35-12-13-7-9-14(10-8-13)28(33)34)26-11-17(20(26)31)27-18(29)15-5-3-4-6-16(15)19(27)30/h3-10,17H,11-12H2,1-2H3. The molecule has 10 nitrogen and oxygen atoms in total. The number of likely N-dealkylation sites (tertiary alicyclic amines) is 1. The molecule has 36 heavy (non-hydrogen) atoms. The average Bonchev–Trinajstić information content (AvgIpc) is 3.11. The first kappa shape index (κ1) is 26.3. The Hall–Kier alpha value is -2.77. The van der Waals surface area contributed by atoms with Crippen LogP contribution in [0.5, 0.6) is 0 Å². The summed E-state index contributed by atoms with van der Waals surface area (Å²) in [6, 6.07) is 10.8. The van der Waals surface area contributed by atoms with Crippen molar-refractivity contribution in [3.8, 4) is 0 Å². The van der Waals surface area contributed by atoms with Crippen LogP contribution in [0.1, 0.15) is 40.1 Å². The molecule has 2 unspecified atom stereocenters. The number of carbonyl (C=O) groups excluding carboxylic acids is 4. The van der Waals surface area contributed by atoms with E-state index >= 15 is 0 Å². The lowest BCUT2D eigenvalue weighted by Gasteiger charge is -2.53. The third-order valence-corrected chi connectivity index (χ3v) is 11.3. The smallest absolute Gasteiger partial charge is 0.345 e.